The minimum absolute atomic E-state index is 0.0357. The molecule has 0 unspecified atom stereocenters. The van der Waals surface area contributed by atoms with Gasteiger partial charge >= 0.3 is 4.87 Å². The summed E-state index contributed by atoms with van der Waals surface area (Å²) in [4.78, 5) is 11.4. The van der Waals surface area contributed by atoms with Crippen LogP contribution in [-0.2, 0) is 7.05 Å². The summed E-state index contributed by atoms with van der Waals surface area (Å²) in [7, 11) is 3.28. The summed E-state index contributed by atoms with van der Waals surface area (Å²) in [6, 6.07) is 3.50. The highest BCUT2D eigenvalue weighted by molar-refractivity contribution is 7.17. The maximum Gasteiger partial charge on any atom is 0.308 e. The number of hydrogen-bond acceptors (Lipinski definition) is 3. The van der Waals surface area contributed by atoms with Crippen molar-refractivity contribution in [3.8, 4) is 5.75 Å². The van der Waals surface area contributed by atoms with Crippen LogP contribution in [0.15, 0.2) is 16.9 Å². The summed E-state index contributed by atoms with van der Waals surface area (Å²) in [5, 5.41) is 0.571. The van der Waals surface area contributed by atoms with E-state index in [0.29, 0.717) is 10.8 Å². The van der Waals surface area contributed by atoms with Crippen molar-refractivity contribution in [2.24, 2.45) is 7.05 Å². The molecule has 2 rings (SSSR count). The van der Waals surface area contributed by atoms with Crippen LogP contribution in [0.1, 0.15) is 0 Å². The van der Waals surface area contributed by atoms with Gasteiger partial charge in [-0.2, -0.15) is 0 Å². The molecule has 0 radical (unpaired) electrons. The van der Waals surface area contributed by atoms with Crippen molar-refractivity contribution in [1.29, 1.82) is 0 Å². The van der Waals surface area contributed by atoms with Gasteiger partial charge in [0.15, 0.2) is 0 Å². The average Bonchev–Trinajstić information content (AvgIpc) is 2.45. The summed E-state index contributed by atoms with van der Waals surface area (Å²) in [6.45, 7) is 0. The summed E-state index contributed by atoms with van der Waals surface area (Å²) in [6.07, 6.45) is 0. The molecule has 0 N–H and O–H groups in total. The van der Waals surface area contributed by atoms with Gasteiger partial charge in [0.05, 0.1) is 22.3 Å². The number of halogens is 1. The third-order valence-electron chi connectivity index (χ3n) is 2.06. The van der Waals surface area contributed by atoms with Crippen LogP contribution < -0.4 is 9.61 Å². The predicted molar refractivity (Wildman–Crippen MR) is 58.6 cm³/mol. The molecule has 1 aromatic carbocycles. The minimum atomic E-state index is -0.0357. The fourth-order valence-electron chi connectivity index (χ4n) is 1.35. The number of benzene rings is 1. The topological polar surface area (TPSA) is 31.2 Å². The Hall–Kier alpha value is -1.00. The molecule has 0 saturated heterocycles. The van der Waals surface area contributed by atoms with Crippen LogP contribution in [0.5, 0.6) is 5.75 Å². The Balaban J connectivity index is 2.99. The van der Waals surface area contributed by atoms with E-state index >= 15 is 0 Å². The lowest BCUT2D eigenvalue weighted by molar-refractivity contribution is 0.420. The van der Waals surface area contributed by atoms with Crippen LogP contribution in [-0.4, -0.2) is 11.7 Å². The van der Waals surface area contributed by atoms with Gasteiger partial charge in [0, 0.05) is 7.05 Å². The Morgan fingerprint density at radius 3 is 2.86 bits per heavy atom. The molecule has 0 amide bonds. The fourth-order valence-corrected chi connectivity index (χ4v) is 2.69. The van der Waals surface area contributed by atoms with Crippen molar-refractivity contribution in [3.05, 3.63) is 26.8 Å². The first-order valence-corrected chi connectivity index (χ1v) is 5.16. The van der Waals surface area contributed by atoms with Gasteiger partial charge in [-0.05, 0) is 12.1 Å². The molecule has 0 spiro atoms. The summed E-state index contributed by atoms with van der Waals surface area (Å²) >= 11 is 7.14. The molecule has 0 atom stereocenters. The molecule has 0 bridgehead atoms. The highest BCUT2D eigenvalue weighted by atomic mass is 35.5. The standard InChI is InChI=1S/C9H8ClNO2S/c1-11-7-5(10)3-4-6(13-2)8(7)14-9(11)12/h3-4H,1-2H3. The molecule has 1 aromatic heterocycles. The van der Waals surface area contributed by atoms with Crippen molar-refractivity contribution >= 4 is 33.2 Å². The zero-order chi connectivity index (χ0) is 10.3. The number of rotatable bonds is 1. The number of thiazole rings is 1. The second kappa shape index (κ2) is 3.29. The smallest absolute Gasteiger partial charge is 0.308 e. The number of aromatic nitrogens is 1. The van der Waals surface area contributed by atoms with Crippen LogP contribution in [0.3, 0.4) is 0 Å². The Morgan fingerprint density at radius 1 is 1.50 bits per heavy atom. The molecule has 0 aliphatic heterocycles. The highest BCUT2D eigenvalue weighted by Crippen LogP contribution is 2.32. The number of fused-ring (bicyclic) bond motifs is 1. The number of aryl methyl sites for hydroxylation is 1. The third-order valence-corrected chi connectivity index (χ3v) is 3.42. The summed E-state index contributed by atoms with van der Waals surface area (Å²) < 4.78 is 7.48. The number of hydrogen-bond donors (Lipinski definition) is 0. The molecule has 1 heterocycles. The van der Waals surface area contributed by atoms with E-state index in [1.54, 1.807) is 26.3 Å². The average molecular weight is 230 g/mol. The molecule has 0 fully saturated rings. The van der Waals surface area contributed by atoms with E-state index in [1.807, 2.05) is 0 Å². The van der Waals surface area contributed by atoms with Crippen LogP contribution in [0.2, 0.25) is 5.02 Å². The van der Waals surface area contributed by atoms with Gasteiger partial charge < -0.3 is 9.30 Å². The van der Waals surface area contributed by atoms with Gasteiger partial charge in [0.2, 0.25) is 0 Å². The first-order chi connectivity index (χ1) is 6.65. The second-order valence-electron chi connectivity index (χ2n) is 2.85. The van der Waals surface area contributed by atoms with E-state index < -0.39 is 0 Å². The molecule has 74 valence electrons. The lowest BCUT2D eigenvalue weighted by atomic mass is 10.3. The summed E-state index contributed by atoms with van der Waals surface area (Å²) in [5.74, 6) is 0.687. The second-order valence-corrected chi connectivity index (χ2v) is 4.22. The molecular weight excluding hydrogens is 222 g/mol. The lowest BCUT2D eigenvalue weighted by Gasteiger charge is -2.02. The van der Waals surface area contributed by atoms with Crippen LogP contribution in [0.25, 0.3) is 10.2 Å². The first kappa shape index (κ1) is 9.55. The Morgan fingerprint density at radius 2 is 2.21 bits per heavy atom. The van der Waals surface area contributed by atoms with Crippen LogP contribution in [0, 0.1) is 0 Å². The monoisotopic (exact) mass is 229 g/mol. The van der Waals surface area contributed by atoms with Crippen LogP contribution in [0.4, 0.5) is 0 Å². The van der Waals surface area contributed by atoms with Crippen LogP contribution >= 0.6 is 22.9 Å². The molecule has 0 aliphatic carbocycles. The maximum atomic E-state index is 11.4. The van der Waals surface area contributed by atoms with Gasteiger partial charge in [-0.25, -0.2) is 0 Å². The van der Waals surface area contributed by atoms with Crippen molar-refractivity contribution in [2.75, 3.05) is 7.11 Å². The summed E-state index contributed by atoms with van der Waals surface area (Å²) in [5.41, 5.74) is 0.737. The molecule has 0 aliphatic rings. The van der Waals surface area contributed by atoms with Gasteiger partial charge in [0.25, 0.3) is 0 Å². The van der Waals surface area contributed by atoms with Gasteiger partial charge in [-0.1, -0.05) is 22.9 Å². The molecular formula is C9H8ClNO2S. The van der Waals surface area contributed by atoms with E-state index in [4.69, 9.17) is 16.3 Å². The molecule has 5 heteroatoms. The molecule has 0 saturated carbocycles. The first-order valence-electron chi connectivity index (χ1n) is 3.97. The normalized spacial score (nSPS) is 10.8. The van der Waals surface area contributed by atoms with E-state index in [0.717, 1.165) is 21.6 Å². The lowest BCUT2D eigenvalue weighted by Crippen LogP contribution is -2.06. The quantitative estimate of drug-likeness (QED) is 0.751. The van der Waals surface area contributed by atoms with Crippen molar-refractivity contribution in [3.63, 3.8) is 0 Å². The fraction of sp³-hybridized carbons (Fsp3) is 0.222. The number of ether oxygens (including phenoxy) is 1. The van der Waals surface area contributed by atoms with Gasteiger partial charge in [-0.15, -0.1) is 0 Å². The number of nitrogens with zero attached hydrogens (tertiary/aromatic N) is 1. The van der Waals surface area contributed by atoms with Gasteiger partial charge in [0.1, 0.15) is 5.75 Å². The zero-order valence-electron chi connectivity index (χ0n) is 7.70. The molecule has 2 aromatic rings. The van der Waals surface area contributed by atoms with Crippen molar-refractivity contribution in [1.82, 2.24) is 4.57 Å². The predicted octanol–water partition coefficient (Wildman–Crippen LogP) is 2.26. The Bertz CT molecular complexity index is 543. The zero-order valence-corrected chi connectivity index (χ0v) is 9.28. The highest BCUT2D eigenvalue weighted by Gasteiger charge is 2.12. The third kappa shape index (κ3) is 1.22. The van der Waals surface area contributed by atoms with E-state index in [2.05, 4.69) is 0 Å². The molecule has 14 heavy (non-hydrogen) atoms. The van der Waals surface area contributed by atoms with E-state index in [-0.39, 0.29) is 4.87 Å². The Labute approximate surface area is 89.5 Å². The minimum Gasteiger partial charge on any atom is -0.495 e. The maximum absolute atomic E-state index is 11.4. The Kier molecular flexibility index (Phi) is 2.25. The SMILES string of the molecule is COc1ccc(Cl)c2c1sc(=O)n2C. The van der Waals surface area contributed by atoms with E-state index in [1.165, 1.54) is 4.57 Å². The largest absolute Gasteiger partial charge is 0.495 e. The number of methoxy groups -OCH3 is 1. The van der Waals surface area contributed by atoms with Gasteiger partial charge in [-0.3, -0.25) is 4.79 Å². The van der Waals surface area contributed by atoms with E-state index in [9.17, 15) is 4.79 Å². The molecule has 3 nitrogen and oxygen atoms in total. The van der Waals surface area contributed by atoms with Crippen molar-refractivity contribution in [2.45, 2.75) is 0 Å². The van der Waals surface area contributed by atoms with Crippen molar-refractivity contribution < 1.29 is 4.74 Å².